The molecule has 5 heteroatoms. The summed E-state index contributed by atoms with van der Waals surface area (Å²) in [5, 5.41) is 3.72. The van der Waals surface area contributed by atoms with Gasteiger partial charge < -0.3 is 10.1 Å². The number of halogens is 2. The Balaban J connectivity index is 2.60. The molecule has 3 nitrogen and oxygen atoms in total. The molecule has 1 N–H and O–H groups in total. The Morgan fingerprint density at radius 1 is 1.62 bits per heavy atom. The Morgan fingerprint density at radius 2 is 2.31 bits per heavy atom. The van der Waals surface area contributed by atoms with Crippen molar-refractivity contribution in [3.63, 3.8) is 0 Å². The van der Waals surface area contributed by atoms with Crippen LogP contribution in [-0.4, -0.2) is 24.5 Å². The number of methoxy groups -OCH3 is 1. The number of carbonyl (C=O) groups is 1. The van der Waals surface area contributed by atoms with Crippen molar-refractivity contribution >= 4 is 39.2 Å². The first-order valence-corrected chi connectivity index (χ1v) is 6.06. The normalized spacial score (nSPS) is 12.0. The van der Waals surface area contributed by atoms with E-state index in [2.05, 4.69) is 26.0 Å². The predicted molar refractivity (Wildman–Crippen MR) is 69.4 cm³/mol. The SMILES string of the molecule is COC(=O)C(Br)CNc1cc(C)ccc1Cl. The molecule has 0 bridgehead atoms. The number of esters is 1. The summed E-state index contributed by atoms with van der Waals surface area (Å²) in [6.45, 7) is 2.41. The van der Waals surface area contributed by atoms with Crippen molar-refractivity contribution < 1.29 is 9.53 Å². The number of hydrogen-bond donors (Lipinski definition) is 1. The van der Waals surface area contributed by atoms with E-state index in [0.29, 0.717) is 11.6 Å². The summed E-state index contributed by atoms with van der Waals surface area (Å²) in [5.74, 6) is -0.309. The zero-order chi connectivity index (χ0) is 12.1. The second kappa shape index (κ2) is 6.11. The number of nitrogens with one attached hydrogen (secondary N) is 1. The average Bonchev–Trinajstić information content (AvgIpc) is 2.28. The summed E-state index contributed by atoms with van der Waals surface area (Å²) in [4.78, 5) is 10.8. The van der Waals surface area contributed by atoms with Gasteiger partial charge in [0.05, 0.1) is 17.8 Å². The van der Waals surface area contributed by atoms with Gasteiger partial charge in [-0.15, -0.1) is 0 Å². The maximum Gasteiger partial charge on any atom is 0.321 e. The van der Waals surface area contributed by atoms with E-state index < -0.39 is 0 Å². The first-order chi connectivity index (χ1) is 7.54. The molecule has 0 saturated heterocycles. The lowest BCUT2D eigenvalue weighted by atomic mass is 10.2. The molecule has 1 rings (SSSR count). The van der Waals surface area contributed by atoms with Gasteiger partial charge in [0.1, 0.15) is 4.83 Å². The van der Waals surface area contributed by atoms with Crippen LogP contribution >= 0.6 is 27.5 Å². The summed E-state index contributed by atoms with van der Waals surface area (Å²) < 4.78 is 4.60. The fourth-order valence-electron chi connectivity index (χ4n) is 1.19. The smallest absolute Gasteiger partial charge is 0.321 e. The molecule has 0 aromatic heterocycles. The fourth-order valence-corrected chi connectivity index (χ4v) is 1.72. The highest BCUT2D eigenvalue weighted by atomic mass is 79.9. The topological polar surface area (TPSA) is 38.3 Å². The molecule has 1 aromatic rings. The van der Waals surface area contributed by atoms with E-state index in [1.807, 2.05) is 25.1 Å². The predicted octanol–water partition coefficient (Wildman–Crippen LogP) is 3.00. The molecule has 0 amide bonds. The second-order valence-electron chi connectivity index (χ2n) is 3.35. The van der Waals surface area contributed by atoms with Crippen LogP contribution in [0.5, 0.6) is 0 Å². The van der Waals surface area contributed by atoms with Gasteiger partial charge in [-0.3, -0.25) is 4.79 Å². The van der Waals surface area contributed by atoms with Crippen molar-refractivity contribution in [1.82, 2.24) is 0 Å². The molecular weight excluding hydrogens is 293 g/mol. The van der Waals surface area contributed by atoms with Gasteiger partial charge in [-0.05, 0) is 24.6 Å². The van der Waals surface area contributed by atoms with Crippen LogP contribution < -0.4 is 5.32 Å². The third-order valence-electron chi connectivity index (χ3n) is 2.05. The van der Waals surface area contributed by atoms with E-state index in [0.717, 1.165) is 11.3 Å². The van der Waals surface area contributed by atoms with Crippen molar-refractivity contribution in [2.75, 3.05) is 19.0 Å². The molecule has 0 aliphatic carbocycles. The van der Waals surface area contributed by atoms with Crippen LogP contribution in [0.2, 0.25) is 5.02 Å². The molecule has 1 unspecified atom stereocenters. The standard InChI is InChI=1S/C11H13BrClNO2/c1-7-3-4-9(13)10(5-7)14-6-8(12)11(15)16-2/h3-5,8,14H,6H2,1-2H3. The quantitative estimate of drug-likeness (QED) is 0.686. The number of carbonyl (C=O) groups excluding carboxylic acids is 1. The summed E-state index contributed by atoms with van der Waals surface area (Å²) in [6, 6.07) is 5.68. The van der Waals surface area contributed by atoms with Gasteiger partial charge in [-0.25, -0.2) is 0 Å². The van der Waals surface area contributed by atoms with Crippen LogP contribution in [0, 0.1) is 6.92 Å². The van der Waals surface area contributed by atoms with E-state index in [9.17, 15) is 4.79 Å². The van der Waals surface area contributed by atoms with E-state index in [1.54, 1.807) is 0 Å². The van der Waals surface area contributed by atoms with Crippen LogP contribution in [0.1, 0.15) is 5.56 Å². The number of benzene rings is 1. The number of anilines is 1. The lowest BCUT2D eigenvalue weighted by molar-refractivity contribution is -0.139. The maximum atomic E-state index is 11.1. The summed E-state index contributed by atoms with van der Waals surface area (Å²) in [6.07, 6.45) is 0. The minimum atomic E-state index is -0.380. The number of ether oxygens (including phenoxy) is 1. The van der Waals surface area contributed by atoms with Crippen LogP contribution in [-0.2, 0) is 9.53 Å². The highest BCUT2D eigenvalue weighted by Crippen LogP contribution is 2.22. The zero-order valence-electron chi connectivity index (χ0n) is 9.09. The van der Waals surface area contributed by atoms with E-state index in [-0.39, 0.29) is 10.8 Å². The molecule has 0 radical (unpaired) electrons. The maximum absolute atomic E-state index is 11.1. The molecule has 0 aliphatic rings. The van der Waals surface area contributed by atoms with Gasteiger partial charge in [0.15, 0.2) is 0 Å². The number of aryl methyl sites for hydroxylation is 1. The zero-order valence-corrected chi connectivity index (χ0v) is 11.4. The Morgan fingerprint density at radius 3 is 2.94 bits per heavy atom. The average molecular weight is 307 g/mol. The van der Waals surface area contributed by atoms with Gasteiger partial charge in [0.25, 0.3) is 0 Å². The van der Waals surface area contributed by atoms with E-state index in [1.165, 1.54) is 7.11 Å². The van der Waals surface area contributed by atoms with Crippen molar-refractivity contribution in [2.45, 2.75) is 11.8 Å². The molecule has 0 heterocycles. The number of alkyl halides is 1. The molecule has 1 atom stereocenters. The molecular formula is C11H13BrClNO2. The van der Waals surface area contributed by atoms with Crippen LogP contribution in [0.25, 0.3) is 0 Å². The molecule has 88 valence electrons. The molecule has 16 heavy (non-hydrogen) atoms. The summed E-state index contributed by atoms with van der Waals surface area (Å²) >= 11 is 9.22. The van der Waals surface area contributed by atoms with Crippen molar-refractivity contribution in [2.24, 2.45) is 0 Å². The Bertz CT molecular complexity index is 384. The molecule has 0 spiro atoms. The van der Waals surface area contributed by atoms with E-state index >= 15 is 0 Å². The van der Waals surface area contributed by atoms with E-state index in [4.69, 9.17) is 11.6 Å². The van der Waals surface area contributed by atoms with Crippen LogP contribution in [0.3, 0.4) is 0 Å². The number of hydrogen-bond acceptors (Lipinski definition) is 3. The van der Waals surface area contributed by atoms with Gasteiger partial charge in [-0.2, -0.15) is 0 Å². The largest absolute Gasteiger partial charge is 0.468 e. The Kier molecular flexibility index (Phi) is 5.09. The third kappa shape index (κ3) is 3.68. The Labute approximate surface area is 108 Å². The first-order valence-electron chi connectivity index (χ1n) is 4.76. The monoisotopic (exact) mass is 305 g/mol. The minimum absolute atomic E-state index is 0.309. The lowest BCUT2D eigenvalue weighted by Gasteiger charge is -2.12. The van der Waals surface area contributed by atoms with Crippen molar-refractivity contribution in [3.05, 3.63) is 28.8 Å². The van der Waals surface area contributed by atoms with Crippen LogP contribution in [0.4, 0.5) is 5.69 Å². The highest BCUT2D eigenvalue weighted by Gasteiger charge is 2.14. The first kappa shape index (κ1) is 13.3. The molecule has 0 saturated carbocycles. The molecule has 0 fully saturated rings. The van der Waals surface area contributed by atoms with Crippen molar-refractivity contribution in [1.29, 1.82) is 0 Å². The Hall–Kier alpha value is -0.740. The number of rotatable bonds is 4. The van der Waals surface area contributed by atoms with Gasteiger partial charge in [0.2, 0.25) is 0 Å². The van der Waals surface area contributed by atoms with Crippen LogP contribution in [0.15, 0.2) is 18.2 Å². The van der Waals surface area contributed by atoms with Gasteiger partial charge >= 0.3 is 5.97 Å². The highest BCUT2D eigenvalue weighted by molar-refractivity contribution is 9.10. The summed E-state index contributed by atoms with van der Waals surface area (Å²) in [7, 11) is 1.36. The van der Waals surface area contributed by atoms with Gasteiger partial charge in [-0.1, -0.05) is 33.6 Å². The van der Waals surface area contributed by atoms with Crippen molar-refractivity contribution in [3.8, 4) is 0 Å². The molecule has 0 aliphatic heterocycles. The molecule has 1 aromatic carbocycles. The summed E-state index contributed by atoms with van der Waals surface area (Å²) in [5.41, 5.74) is 1.92. The lowest BCUT2D eigenvalue weighted by Crippen LogP contribution is -2.24. The fraction of sp³-hybridized carbons (Fsp3) is 0.364. The third-order valence-corrected chi connectivity index (χ3v) is 3.08. The minimum Gasteiger partial charge on any atom is -0.468 e. The second-order valence-corrected chi connectivity index (χ2v) is 4.87. The van der Waals surface area contributed by atoms with Gasteiger partial charge in [0, 0.05) is 6.54 Å².